The Balaban J connectivity index is 1.45. The highest BCUT2D eigenvalue weighted by atomic mass is 19.1. The Kier molecular flexibility index (Phi) is 5.89. The number of Topliss-reactive ketones (excluding diaryl/α,β-unsaturated/α-hetero) is 1. The number of para-hydroxylation sites is 1. The summed E-state index contributed by atoms with van der Waals surface area (Å²) in [6.45, 7) is 8.12. The van der Waals surface area contributed by atoms with Gasteiger partial charge in [-0.15, -0.1) is 0 Å². The number of carbonyl (C=O) groups is 2. The summed E-state index contributed by atoms with van der Waals surface area (Å²) in [5.74, 6) is -2.82. The summed E-state index contributed by atoms with van der Waals surface area (Å²) in [4.78, 5) is 24.8. The molecule has 8 heteroatoms. The van der Waals surface area contributed by atoms with Gasteiger partial charge in [-0.2, -0.15) is 5.10 Å². The number of benzene rings is 1. The van der Waals surface area contributed by atoms with E-state index in [4.69, 9.17) is 4.74 Å². The van der Waals surface area contributed by atoms with Crippen molar-refractivity contribution in [1.82, 2.24) is 9.78 Å². The second-order valence-electron chi connectivity index (χ2n) is 12.9. The van der Waals surface area contributed by atoms with Gasteiger partial charge in [0.1, 0.15) is 5.60 Å². The average molecular weight is 549 g/mol. The van der Waals surface area contributed by atoms with E-state index in [9.17, 15) is 19.8 Å². The number of esters is 1. The third-order valence-corrected chi connectivity index (χ3v) is 10.9. The number of aliphatic hydroxyl groups is 2. The van der Waals surface area contributed by atoms with Crippen LogP contribution >= 0.6 is 0 Å². The molecule has 40 heavy (non-hydrogen) atoms. The van der Waals surface area contributed by atoms with Gasteiger partial charge in [0.15, 0.2) is 12.3 Å². The molecule has 4 aliphatic carbocycles. The fourth-order valence-corrected chi connectivity index (χ4v) is 8.89. The van der Waals surface area contributed by atoms with E-state index >= 15 is 4.39 Å². The molecule has 0 unspecified atom stereocenters. The smallest absolute Gasteiger partial charge is 0.303 e. The minimum atomic E-state index is -2.03. The summed E-state index contributed by atoms with van der Waals surface area (Å²) in [5, 5.41) is 28.4. The molecule has 212 valence electrons. The summed E-state index contributed by atoms with van der Waals surface area (Å²) < 4.78 is 24.8. The van der Waals surface area contributed by atoms with Gasteiger partial charge in [0, 0.05) is 23.7 Å². The number of hydrogen-bond acceptors (Lipinski definition) is 6. The molecule has 2 saturated carbocycles. The number of carbonyl (C=O) groups excluding carboxylic acids is 2. The maximum Gasteiger partial charge on any atom is 0.303 e. The molecule has 0 radical (unpaired) electrons. The molecule has 1 aromatic heterocycles. The van der Waals surface area contributed by atoms with Crippen LogP contribution in [0.25, 0.3) is 11.8 Å². The minimum absolute atomic E-state index is 0.0801. The molecule has 0 amide bonds. The lowest BCUT2D eigenvalue weighted by Crippen LogP contribution is -2.69. The zero-order valence-corrected chi connectivity index (χ0v) is 23.6. The van der Waals surface area contributed by atoms with Gasteiger partial charge in [0.25, 0.3) is 0 Å². The van der Waals surface area contributed by atoms with Crippen LogP contribution < -0.4 is 0 Å². The van der Waals surface area contributed by atoms with Crippen LogP contribution in [-0.4, -0.2) is 55.7 Å². The minimum Gasteiger partial charge on any atom is -0.458 e. The van der Waals surface area contributed by atoms with Crippen molar-refractivity contribution in [2.24, 2.45) is 28.6 Å². The molecule has 2 aromatic rings. The van der Waals surface area contributed by atoms with E-state index in [-0.39, 0.29) is 6.42 Å². The normalized spacial score (nSPS) is 39.7. The van der Waals surface area contributed by atoms with Crippen molar-refractivity contribution in [2.75, 3.05) is 6.61 Å². The maximum atomic E-state index is 18.0. The Labute approximate surface area is 233 Å². The molecule has 0 spiro atoms. The highest BCUT2D eigenvalue weighted by Gasteiger charge is 2.75. The molecule has 0 saturated heterocycles. The average Bonchev–Trinajstić information content (AvgIpc) is 3.40. The number of aliphatic hydroxyl groups excluding tert-OH is 1. The quantitative estimate of drug-likeness (QED) is 0.550. The molecule has 0 bridgehead atoms. The molecular weight excluding hydrogens is 511 g/mol. The molecule has 4 aliphatic rings. The first-order valence-electron chi connectivity index (χ1n) is 14.1. The number of aromatic nitrogens is 2. The third-order valence-electron chi connectivity index (χ3n) is 10.9. The standard InChI is InChI=1S/C32H37FN2O5/c1-18-11-25-24-12-19(2)32(39,28(38)17-40-20(3)36)30(24,5)15-27(37)31(25,33)29(4)14-21-16-34-35(26(21)13-23(18)29)22-9-7-6-8-10-22/h6-11,13,16,19,24-25,27,37,39H,12,14-15,17H2,1-5H3/t19-,24+,25+,27-,29+,30+,31-,32-/m1/s1. The molecular formula is C32H37FN2O5. The van der Waals surface area contributed by atoms with Crippen molar-refractivity contribution in [3.8, 4) is 5.69 Å². The predicted octanol–water partition coefficient (Wildman–Crippen LogP) is 4.39. The molecule has 6 rings (SSSR count). The second kappa shape index (κ2) is 8.70. The number of alkyl halides is 1. The fraction of sp³-hybridized carbons (Fsp3) is 0.531. The Bertz CT molecular complexity index is 1460. The number of allylic oxidation sites excluding steroid dienone is 3. The van der Waals surface area contributed by atoms with Crippen molar-refractivity contribution in [3.63, 3.8) is 0 Å². The first-order valence-corrected chi connectivity index (χ1v) is 14.1. The highest BCUT2D eigenvalue weighted by Crippen LogP contribution is 2.70. The Hall–Kier alpha value is -3.10. The van der Waals surface area contributed by atoms with Crippen LogP contribution in [0.5, 0.6) is 0 Å². The van der Waals surface area contributed by atoms with Crippen LogP contribution in [0.15, 0.2) is 53.8 Å². The first kappa shape index (κ1) is 27.1. The topological polar surface area (TPSA) is 102 Å². The van der Waals surface area contributed by atoms with Gasteiger partial charge in [0.05, 0.1) is 23.7 Å². The number of nitrogens with zero attached hydrogens (tertiary/aromatic N) is 2. The summed E-state index contributed by atoms with van der Waals surface area (Å²) in [7, 11) is 0. The molecule has 1 heterocycles. The molecule has 7 nitrogen and oxygen atoms in total. The van der Waals surface area contributed by atoms with Crippen molar-refractivity contribution in [1.29, 1.82) is 0 Å². The number of ketones is 1. The van der Waals surface area contributed by atoms with E-state index in [2.05, 4.69) is 5.10 Å². The van der Waals surface area contributed by atoms with Crippen LogP contribution in [-0.2, 0) is 20.7 Å². The fourth-order valence-electron chi connectivity index (χ4n) is 8.89. The number of halogens is 1. The van der Waals surface area contributed by atoms with Crippen molar-refractivity contribution in [3.05, 3.63) is 65.0 Å². The van der Waals surface area contributed by atoms with Gasteiger partial charge >= 0.3 is 5.97 Å². The Morgan fingerprint density at radius 1 is 1.23 bits per heavy atom. The van der Waals surface area contributed by atoms with Crippen molar-refractivity contribution < 1.29 is 28.9 Å². The molecule has 2 N–H and O–H groups in total. The Morgan fingerprint density at radius 2 is 1.93 bits per heavy atom. The predicted molar refractivity (Wildman–Crippen MR) is 147 cm³/mol. The number of fused-ring (bicyclic) bond motifs is 6. The van der Waals surface area contributed by atoms with Gasteiger partial charge in [-0.05, 0) is 67.4 Å². The van der Waals surface area contributed by atoms with E-state index in [1.54, 1.807) is 20.0 Å². The lowest BCUT2D eigenvalue weighted by Gasteiger charge is -2.62. The Morgan fingerprint density at radius 3 is 2.60 bits per heavy atom. The van der Waals surface area contributed by atoms with Crippen LogP contribution in [0, 0.1) is 28.6 Å². The van der Waals surface area contributed by atoms with Crippen LogP contribution in [0.4, 0.5) is 4.39 Å². The first-order chi connectivity index (χ1) is 18.8. The lowest BCUT2D eigenvalue weighted by molar-refractivity contribution is -0.212. The van der Waals surface area contributed by atoms with Gasteiger partial charge in [0.2, 0.25) is 5.78 Å². The van der Waals surface area contributed by atoms with E-state index in [1.165, 1.54) is 6.92 Å². The van der Waals surface area contributed by atoms with Crippen LogP contribution in [0.3, 0.4) is 0 Å². The number of rotatable bonds is 4. The number of ether oxygens (including phenoxy) is 1. The zero-order valence-electron chi connectivity index (χ0n) is 23.6. The monoisotopic (exact) mass is 548 g/mol. The zero-order chi connectivity index (χ0) is 28.8. The van der Waals surface area contributed by atoms with Gasteiger partial charge < -0.3 is 14.9 Å². The summed E-state index contributed by atoms with van der Waals surface area (Å²) in [6, 6.07) is 9.81. The highest BCUT2D eigenvalue weighted by molar-refractivity contribution is 5.91. The SMILES string of the molecule is CC(=O)OCC(=O)[C@]1(O)[C@H](C)C[C@H]2[C@@H]3C=C(C)C4=Cc5c(cnn5-c5ccccc5)C[C@]4(C)[C@]3(F)[C@H](O)C[C@@]21C. The van der Waals surface area contributed by atoms with Crippen molar-refractivity contribution in [2.45, 2.75) is 71.3 Å². The lowest BCUT2D eigenvalue weighted by atomic mass is 9.44. The van der Waals surface area contributed by atoms with E-state index in [1.807, 2.05) is 61.0 Å². The summed E-state index contributed by atoms with van der Waals surface area (Å²) in [5.41, 5.74) is -1.53. The van der Waals surface area contributed by atoms with E-state index < -0.39 is 64.3 Å². The van der Waals surface area contributed by atoms with Gasteiger partial charge in [-0.3, -0.25) is 9.59 Å². The molecule has 8 atom stereocenters. The van der Waals surface area contributed by atoms with Crippen LogP contribution in [0.2, 0.25) is 0 Å². The molecule has 1 aromatic carbocycles. The summed E-state index contributed by atoms with van der Waals surface area (Å²) in [6.07, 6.45) is 4.99. The number of hydrogen-bond donors (Lipinski definition) is 2. The van der Waals surface area contributed by atoms with Gasteiger partial charge in [-0.1, -0.05) is 50.6 Å². The van der Waals surface area contributed by atoms with E-state index in [0.717, 1.165) is 28.1 Å². The maximum absolute atomic E-state index is 18.0. The second-order valence-corrected chi connectivity index (χ2v) is 12.9. The van der Waals surface area contributed by atoms with Gasteiger partial charge in [-0.25, -0.2) is 9.07 Å². The van der Waals surface area contributed by atoms with Crippen LogP contribution in [0.1, 0.15) is 58.7 Å². The third kappa shape index (κ3) is 3.26. The molecule has 2 fully saturated rings. The van der Waals surface area contributed by atoms with E-state index in [0.29, 0.717) is 12.8 Å². The molecule has 0 aliphatic heterocycles. The summed E-state index contributed by atoms with van der Waals surface area (Å²) >= 11 is 0. The van der Waals surface area contributed by atoms with Crippen molar-refractivity contribution >= 4 is 17.8 Å². The largest absolute Gasteiger partial charge is 0.458 e.